The number of nitrogens with one attached hydrogen (secondary N) is 2. The highest BCUT2D eigenvalue weighted by atomic mass is 32.2. The number of benzene rings is 2. The highest BCUT2D eigenvalue weighted by molar-refractivity contribution is 7.98. The van der Waals surface area contributed by atoms with Crippen LogP contribution in [0.15, 0.2) is 48.5 Å². The summed E-state index contributed by atoms with van der Waals surface area (Å²) >= 11 is 1.68. The van der Waals surface area contributed by atoms with Gasteiger partial charge < -0.3 is 15.7 Å². The minimum atomic E-state index is -1.03. The van der Waals surface area contributed by atoms with Gasteiger partial charge in [0.15, 0.2) is 0 Å². The van der Waals surface area contributed by atoms with Crippen molar-refractivity contribution in [2.24, 2.45) is 0 Å². The molecule has 2 amide bonds. The monoisotopic (exact) mass is 328 g/mol. The van der Waals surface area contributed by atoms with E-state index in [1.807, 2.05) is 55.5 Å². The number of thioether (sulfide) groups is 1. The first-order valence-electron chi connectivity index (χ1n) is 7.57. The maximum absolute atomic E-state index is 12.1. The number of hydrogen-bond acceptors (Lipinski definition) is 3. The molecule has 0 aromatic heterocycles. The lowest BCUT2D eigenvalue weighted by Gasteiger charge is -2.34. The summed E-state index contributed by atoms with van der Waals surface area (Å²) in [7, 11) is 0. The number of amides is 2. The second kappa shape index (κ2) is 6.64. The molecule has 0 bridgehead atoms. The van der Waals surface area contributed by atoms with Crippen LogP contribution < -0.4 is 10.6 Å². The number of aliphatic hydroxyl groups is 1. The molecule has 0 saturated heterocycles. The third-order valence-electron chi connectivity index (χ3n) is 4.05. The zero-order valence-electron chi connectivity index (χ0n) is 13.0. The summed E-state index contributed by atoms with van der Waals surface area (Å²) in [6.07, 6.45) is 0. The van der Waals surface area contributed by atoms with E-state index < -0.39 is 5.60 Å². The average molecular weight is 328 g/mol. The predicted octanol–water partition coefficient (Wildman–Crippen LogP) is 3.25. The molecule has 1 heterocycles. The number of rotatable bonds is 3. The van der Waals surface area contributed by atoms with Crippen molar-refractivity contribution < 1.29 is 9.90 Å². The summed E-state index contributed by atoms with van der Waals surface area (Å²) in [4.78, 5) is 12.1. The molecule has 2 aromatic carbocycles. The fourth-order valence-corrected chi connectivity index (χ4v) is 3.93. The van der Waals surface area contributed by atoms with Crippen LogP contribution in [0.3, 0.4) is 0 Å². The Morgan fingerprint density at radius 1 is 1.22 bits per heavy atom. The first-order chi connectivity index (χ1) is 11.1. The summed E-state index contributed by atoms with van der Waals surface area (Å²) in [6, 6.07) is 15.2. The molecule has 4 nitrogen and oxygen atoms in total. The topological polar surface area (TPSA) is 61.4 Å². The van der Waals surface area contributed by atoms with E-state index in [-0.39, 0.29) is 12.6 Å². The molecule has 0 fully saturated rings. The highest BCUT2D eigenvalue weighted by Crippen LogP contribution is 2.35. The largest absolute Gasteiger partial charge is 0.382 e. The second-order valence-electron chi connectivity index (χ2n) is 5.80. The number of carbonyl (C=O) groups is 1. The zero-order chi connectivity index (χ0) is 16.3. The van der Waals surface area contributed by atoms with Crippen molar-refractivity contribution in [2.45, 2.75) is 18.3 Å². The number of para-hydroxylation sites is 1. The Balaban J connectivity index is 1.66. The van der Waals surface area contributed by atoms with Gasteiger partial charge in [-0.1, -0.05) is 42.5 Å². The van der Waals surface area contributed by atoms with Crippen LogP contribution >= 0.6 is 11.8 Å². The van der Waals surface area contributed by atoms with E-state index in [2.05, 4.69) is 10.6 Å². The molecule has 0 aliphatic carbocycles. The van der Waals surface area contributed by atoms with Gasteiger partial charge in [-0.25, -0.2) is 4.79 Å². The molecule has 3 rings (SSSR count). The summed E-state index contributed by atoms with van der Waals surface area (Å²) in [5, 5.41) is 16.5. The van der Waals surface area contributed by atoms with Crippen LogP contribution in [-0.4, -0.2) is 23.4 Å². The van der Waals surface area contributed by atoms with Crippen LogP contribution in [0.5, 0.6) is 0 Å². The van der Waals surface area contributed by atoms with Crippen molar-refractivity contribution in [2.75, 3.05) is 17.6 Å². The van der Waals surface area contributed by atoms with Crippen molar-refractivity contribution >= 4 is 23.5 Å². The molecule has 1 unspecified atom stereocenters. The molecule has 23 heavy (non-hydrogen) atoms. The van der Waals surface area contributed by atoms with Crippen molar-refractivity contribution in [1.82, 2.24) is 5.32 Å². The van der Waals surface area contributed by atoms with Gasteiger partial charge in [0.1, 0.15) is 5.60 Å². The van der Waals surface area contributed by atoms with Gasteiger partial charge in [-0.3, -0.25) is 0 Å². The number of hydrogen-bond donors (Lipinski definition) is 3. The van der Waals surface area contributed by atoms with Crippen molar-refractivity contribution in [3.8, 4) is 0 Å². The fourth-order valence-electron chi connectivity index (χ4n) is 2.76. The van der Waals surface area contributed by atoms with E-state index in [4.69, 9.17) is 0 Å². The lowest BCUT2D eigenvalue weighted by atomic mass is 9.91. The van der Waals surface area contributed by atoms with Crippen LogP contribution in [0.1, 0.15) is 16.7 Å². The molecule has 3 N–H and O–H groups in total. The maximum Gasteiger partial charge on any atom is 0.319 e. The Hall–Kier alpha value is -1.98. The Kier molecular flexibility index (Phi) is 4.59. The first kappa shape index (κ1) is 15.9. The predicted molar refractivity (Wildman–Crippen MR) is 94.7 cm³/mol. The average Bonchev–Trinajstić information content (AvgIpc) is 2.56. The van der Waals surface area contributed by atoms with E-state index in [0.29, 0.717) is 5.75 Å². The Morgan fingerprint density at radius 3 is 2.78 bits per heavy atom. The van der Waals surface area contributed by atoms with E-state index in [9.17, 15) is 9.90 Å². The van der Waals surface area contributed by atoms with Gasteiger partial charge >= 0.3 is 6.03 Å². The third-order valence-corrected chi connectivity index (χ3v) is 5.25. The molecule has 1 aliphatic heterocycles. The molecule has 5 heteroatoms. The highest BCUT2D eigenvalue weighted by Gasteiger charge is 2.34. The summed E-state index contributed by atoms with van der Waals surface area (Å²) in [6.45, 7) is 2.13. The molecule has 0 spiro atoms. The van der Waals surface area contributed by atoms with Crippen LogP contribution in [0.4, 0.5) is 10.5 Å². The smallest absolute Gasteiger partial charge is 0.319 e. The van der Waals surface area contributed by atoms with Gasteiger partial charge in [0.25, 0.3) is 0 Å². The molecule has 0 saturated carbocycles. The van der Waals surface area contributed by atoms with Crippen LogP contribution in [0, 0.1) is 6.92 Å². The van der Waals surface area contributed by atoms with E-state index in [1.165, 1.54) is 0 Å². The molecular formula is C18H20N2O2S. The summed E-state index contributed by atoms with van der Waals surface area (Å²) < 4.78 is 0. The van der Waals surface area contributed by atoms with Crippen LogP contribution in [0.2, 0.25) is 0 Å². The van der Waals surface area contributed by atoms with E-state index in [0.717, 1.165) is 28.1 Å². The number of aryl methyl sites for hydroxylation is 1. The molecule has 2 aromatic rings. The Bertz CT molecular complexity index is 720. The van der Waals surface area contributed by atoms with E-state index in [1.54, 1.807) is 11.8 Å². The SMILES string of the molecule is Cc1ccccc1NC(=O)NCC1(O)CSCc2ccccc21. The number of fused-ring (bicyclic) bond motifs is 1. The first-order valence-corrected chi connectivity index (χ1v) is 8.73. The van der Waals surface area contributed by atoms with Gasteiger partial charge in [-0.15, -0.1) is 0 Å². The van der Waals surface area contributed by atoms with Crippen molar-refractivity contribution in [3.05, 3.63) is 65.2 Å². The summed E-state index contributed by atoms with van der Waals surface area (Å²) in [5.41, 5.74) is 2.79. The number of urea groups is 1. The Labute approximate surface area is 140 Å². The quantitative estimate of drug-likeness (QED) is 0.810. The second-order valence-corrected chi connectivity index (χ2v) is 6.79. The van der Waals surface area contributed by atoms with Crippen molar-refractivity contribution in [3.63, 3.8) is 0 Å². The van der Waals surface area contributed by atoms with Crippen molar-refractivity contribution in [1.29, 1.82) is 0 Å². The van der Waals surface area contributed by atoms with Crippen LogP contribution in [0.25, 0.3) is 0 Å². The lowest BCUT2D eigenvalue weighted by molar-refractivity contribution is 0.0631. The molecular weight excluding hydrogens is 308 g/mol. The fraction of sp³-hybridized carbons (Fsp3) is 0.278. The van der Waals surface area contributed by atoms with Crippen LogP contribution in [-0.2, 0) is 11.4 Å². The third kappa shape index (κ3) is 3.51. The normalized spacial score (nSPS) is 19.7. The van der Waals surface area contributed by atoms with Gasteiger partial charge in [-0.2, -0.15) is 11.8 Å². The number of anilines is 1. The number of carbonyl (C=O) groups excluding carboxylic acids is 1. The maximum atomic E-state index is 12.1. The van der Waals surface area contributed by atoms with Gasteiger partial charge in [-0.05, 0) is 29.7 Å². The van der Waals surface area contributed by atoms with Gasteiger partial charge in [0, 0.05) is 17.2 Å². The molecule has 120 valence electrons. The molecule has 1 atom stereocenters. The van der Waals surface area contributed by atoms with Gasteiger partial charge in [0.05, 0.1) is 6.54 Å². The lowest BCUT2D eigenvalue weighted by Crippen LogP contribution is -2.45. The molecule has 0 radical (unpaired) electrons. The minimum Gasteiger partial charge on any atom is -0.382 e. The minimum absolute atomic E-state index is 0.189. The Morgan fingerprint density at radius 2 is 1.96 bits per heavy atom. The zero-order valence-corrected chi connectivity index (χ0v) is 13.8. The summed E-state index contributed by atoms with van der Waals surface area (Å²) in [5.74, 6) is 1.47. The van der Waals surface area contributed by atoms with E-state index >= 15 is 0 Å². The van der Waals surface area contributed by atoms with Gasteiger partial charge in [0.2, 0.25) is 0 Å². The molecule has 1 aliphatic rings. The standard InChI is InChI=1S/C18H20N2O2S/c1-13-6-2-5-9-16(13)20-17(21)19-11-18(22)12-23-10-14-7-3-4-8-15(14)18/h2-9,22H,10-12H2,1H3,(H2,19,20,21).